The van der Waals surface area contributed by atoms with Gasteiger partial charge in [0, 0.05) is 11.3 Å². The molecule has 0 amide bonds. The molecular formula is C14H18OS. The molecule has 16 heavy (non-hydrogen) atoms. The first-order valence-electron chi connectivity index (χ1n) is 6.48. The number of thiophene rings is 1. The molecule has 0 bridgehead atoms. The normalized spacial score (nSPS) is 20.2. The highest BCUT2D eigenvalue weighted by Gasteiger charge is 2.23. The summed E-state index contributed by atoms with van der Waals surface area (Å²) in [4.78, 5) is 14.6. The molecule has 3 rings (SSSR count). The predicted octanol–water partition coefficient (Wildman–Crippen LogP) is 4.00. The Morgan fingerprint density at radius 3 is 2.75 bits per heavy atom. The Morgan fingerprint density at radius 2 is 2.06 bits per heavy atom. The number of carbonyl (C=O) groups excluding carboxylic acids is 1. The van der Waals surface area contributed by atoms with E-state index in [1.165, 1.54) is 55.4 Å². The van der Waals surface area contributed by atoms with Crippen LogP contribution >= 0.6 is 11.3 Å². The molecule has 1 nitrogen and oxygen atoms in total. The molecule has 1 aromatic heterocycles. The summed E-state index contributed by atoms with van der Waals surface area (Å²) >= 11 is 1.77. The van der Waals surface area contributed by atoms with Crippen molar-refractivity contribution >= 4 is 17.1 Å². The molecule has 0 spiro atoms. The second kappa shape index (κ2) is 4.33. The van der Waals surface area contributed by atoms with Gasteiger partial charge in [-0.1, -0.05) is 19.3 Å². The maximum absolute atomic E-state index is 12.1. The summed E-state index contributed by atoms with van der Waals surface area (Å²) in [5.41, 5.74) is 1.47. The van der Waals surface area contributed by atoms with Crippen molar-refractivity contribution in [2.45, 2.75) is 51.4 Å². The zero-order valence-electron chi connectivity index (χ0n) is 9.63. The molecule has 0 atom stereocenters. The van der Waals surface area contributed by atoms with E-state index in [2.05, 4.69) is 6.07 Å². The standard InChI is InChI=1S/C14H18OS/c15-12(8-10-4-3-5-10)14-9-11-6-1-2-7-13(11)16-14/h9-10H,1-8H2. The molecule has 2 aliphatic carbocycles. The van der Waals surface area contributed by atoms with E-state index in [0.717, 1.165) is 11.3 Å². The lowest BCUT2D eigenvalue weighted by Gasteiger charge is -2.23. The Balaban J connectivity index is 1.72. The molecular weight excluding hydrogens is 216 g/mol. The fourth-order valence-corrected chi connectivity index (χ4v) is 3.89. The summed E-state index contributed by atoms with van der Waals surface area (Å²) < 4.78 is 0. The van der Waals surface area contributed by atoms with Crippen molar-refractivity contribution in [3.8, 4) is 0 Å². The van der Waals surface area contributed by atoms with E-state index in [4.69, 9.17) is 0 Å². The van der Waals surface area contributed by atoms with Crippen molar-refractivity contribution in [2.75, 3.05) is 0 Å². The van der Waals surface area contributed by atoms with Crippen LogP contribution in [0.15, 0.2) is 6.07 Å². The molecule has 1 heterocycles. The number of fused-ring (bicyclic) bond motifs is 1. The Kier molecular flexibility index (Phi) is 2.84. The van der Waals surface area contributed by atoms with E-state index in [9.17, 15) is 4.79 Å². The van der Waals surface area contributed by atoms with E-state index in [0.29, 0.717) is 11.7 Å². The Hall–Kier alpha value is -0.630. The van der Waals surface area contributed by atoms with E-state index in [-0.39, 0.29) is 0 Å². The third-order valence-corrected chi connectivity index (χ3v) is 5.25. The number of rotatable bonds is 3. The fraction of sp³-hybridized carbons (Fsp3) is 0.643. The van der Waals surface area contributed by atoms with Crippen molar-refractivity contribution in [1.29, 1.82) is 0 Å². The first-order valence-corrected chi connectivity index (χ1v) is 7.29. The van der Waals surface area contributed by atoms with E-state index < -0.39 is 0 Å². The van der Waals surface area contributed by atoms with Gasteiger partial charge >= 0.3 is 0 Å². The van der Waals surface area contributed by atoms with Crippen LogP contribution in [0.4, 0.5) is 0 Å². The fourth-order valence-electron chi connectivity index (χ4n) is 2.69. The quantitative estimate of drug-likeness (QED) is 0.722. The largest absolute Gasteiger partial charge is 0.293 e. The highest BCUT2D eigenvalue weighted by atomic mass is 32.1. The number of aryl methyl sites for hydroxylation is 2. The molecule has 2 aliphatic rings. The van der Waals surface area contributed by atoms with Gasteiger partial charge in [0.05, 0.1) is 4.88 Å². The smallest absolute Gasteiger partial charge is 0.173 e. The molecule has 0 N–H and O–H groups in total. The van der Waals surface area contributed by atoms with Crippen LogP contribution < -0.4 is 0 Å². The molecule has 0 aromatic carbocycles. The highest BCUT2D eigenvalue weighted by Crippen LogP contribution is 2.34. The van der Waals surface area contributed by atoms with Gasteiger partial charge in [-0.05, 0) is 43.2 Å². The number of hydrogen-bond acceptors (Lipinski definition) is 2. The van der Waals surface area contributed by atoms with Gasteiger partial charge in [0.15, 0.2) is 5.78 Å². The van der Waals surface area contributed by atoms with Gasteiger partial charge in [-0.25, -0.2) is 0 Å². The van der Waals surface area contributed by atoms with Gasteiger partial charge in [0.1, 0.15) is 0 Å². The van der Waals surface area contributed by atoms with Crippen LogP contribution in [-0.4, -0.2) is 5.78 Å². The van der Waals surface area contributed by atoms with Gasteiger partial charge < -0.3 is 0 Å². The summed E-state index contributed by atoms with van der Waals surface area (Å²) in [6.07, 6.45) is 9.70. The first kappa shape index (κ1) is 10.5. The Morgan fingerprint density at radius 1 is 1.25 bits per heavy atom. The zero-order valence-corrected chi connectivity index (χ0v) is 10.4. The number of ketones is 1. The molecule has 0 saturated heterocycles. The van der Waals surface area contributed by atoms with Crippen molar-refractivity contribution in [1.82, 2.24) is 0 Å². The van der Waals surface area contributed by atoms with Gasteiger partial charge in [-0.3, -0.25) is 4.79 Å². The predicted molar refractivity (Wildman–Crippen MR) is 67.2 cm³/mol. The minimum Gasteiger partial charge on any atom is -0.293 e. The van der Waals surface area contributed by atoms with Crippen LogP contribution in [0, 0.1) is 5.92 Å². The van der Waals surface area contributed by atoms with Crippen LogP contribution in [0.2, 0.25) is 0 Å². The third kappa shape index (κ3) is 1.95. The van der Waals surface area contributed by atoms with Crippen molar-refractivity contribution in [3.63, 3.8) is 0 Å². The maximum atomic E-state index is 12.1. The topological polar surface area (TPSA) is 17.1 Å². The molecule has 2 heteroatoms. The SMILES string of the molecule is O=C(CC1CCC1)c1cc2c(s1)CCCC2. The number of carbonyl (C=O) groups is 1. The summed E-state index contributed by atoms with van der Waals surface area (Å²) in [6, 6.07) is 2.18. The number of hydrogen-bond donors (Lipinski definition) is 0. The molecule has 0 aliphatic heterocycles. The van der Waals surface area contributed by atoms with Gasteiger partial charge in [-0.15, -0.1) is 11.3 Å². The van der Waals surface area contributed by atoms with Crippen molar-refractivity contribution < 1.29 is 4.79 Å². The highest BCUT2D eigenvalue weighted by molar-refractivity contribution is 7.14. The second-order valence-electron chi connectivity index (χ2n) is 5.19. The third-order valence-electron chi connectivity index (χ3n) is 3.97. The van der Waals surface area contributed by atoms with Crippen LogP contribution in [0.25, 0.3) is 0 Å². The second-order valence-corrected chi connectivity index (χ2v) is 6.33. The van der Waals surface area contributed by atoms with Gasteiger partial charge in [0.2, 0.25) is 0 Å². The average Bonchev–Trinajstić information content (AvgIpc) is 2.66. The monoisotopic (exact) mass is 234 g/mol. The summed E-state index contributed by atoms with van der Waals surface area (Å²) in [6.45, 7) is 0. The van der Waals surface area contributed by atoms with Crippen LogP contribution in [-0.2, 0) is 12.8 Å². The lowest BCUT2D eigenvalue weighted by Crippen LogP contribution is -2.15. The van der Waals surface area contributed by atoms with Gasteiger partial charge in [-0.2, -0.15) is 0 Å². The lowest BCUT2D eigenvalue weighted by atomic mass is 9.81. The van der Waals surface area contributed by atoms with Gasteiger partial charge in [0.25, 0.3) is 0 Å². The summed E-state index contributed by atoms with van der Waals surface area (Å²) in [7, 11) is 0. The molecule has 1 aromatic rings. The average molecular weight is 234 g/mol. The van der Waals surface area contributed by atoms with Crippen molar-refractivity contribution in [3.05, 3.63) is 21.4 Å². The molecule has 1 saturated carbocycles. The molecule has 0 unspecified atom stereocenters. The maximum Gasteiger partial charge on any atom is 0.173 e. The first-order chi connectivity index (χ1) is 7.83. The van der Waals surface area contributed by atoms with E-state index in [1.54, 1.807) is 11.3 Å². The summed E-state index contributed by atoms with van der Waals surface area (Å²) in [5, 5.41) is 0. The van der Waals surface area contributed by atoms with Crippen LogP contribution in [0.5, 0.6) is 0 Å². The minimum atomic E-state index is 0.407. The van der Waals surface area contributed by atoms with Crippen LogP contribution in [0.3, 0.4) is 0 Å². The summed E-state index contributed by atoms with van der Waals surface area (Å²) in [5.74, 6) is 1.11. The molecule has 1 fully saturated rings. The molecule has 86 valence electrons. The zero-order chi connectivity index (χ0) is 11.0. The molecule has 0 radical (unpaired) electrons. The van der Waals surface area contributed by atoms with Crippen molar-refractivity contribution in [2.24, 2.45) is 5.92 Å². The number of Topliss-reactive ketones (excluding diaryl/α,β-unsaturated/α-hetero) is 1. The Bertz CT molecular complexity index is 377. The van der Waals surface area contributed by atoms with Crippen LogP contribution in [0.1, 0.15) is 58.6 Å². The lowest BCUT2D eigenvalue weighted by molar-refractivity contribution is 0.0940. The van der Waals surface area contributed by atoms with E-state index in [1.807, 2.05) is 0 Å². The Labute approximate surface area is 101 Å². The minimum absolute atomic E-state index is 0.407. The van der Waals surface area contributed by atoms with E-state index >= 15 is 0 Å².